The fourth-order valence-corrected chi connectivity index (χ4v) is 1.86. The highest BCUT2D eigenvalue weighted by Gasteiger charge is 2.21. The molecule has 0 spiro atoms. The lowest BCUT2D eigenvalue weighted by atomic mass is 10.2. The third-order valence-corrected chi connectivity index (χ3v) is 2.71. The normalized spacial score (nSPS) is 10.7. The average Bonchev–Trinajstić information content (AvgIpc) is 2.59. The number of carbonyl (C=O) groups excluding carboxylic acids is 1. The van der Waals surface area contributed by atoms with Gasteiger partial charge in [0, 0.05) is 17.9 Å². The number of nitrogens with zero attached hydrogens (tertiary/aromatic N) is 1. The number of hydrogen-bond acceptors (Lipinski definition) is 2. The number of hydrogen-bond donors (Lipinski definition) is 0. The molecule has 1 aromatic heterocycles. The summed E-state index contributed by atoms with van der Waals surface area (Å²) in [4.78, 5) is 13.8. The maximum absolute atomic E-state index is 12.0. The van der Waals surface area contributed by atoms with Crippen LogP contribution in [0.15, 0.2) is 16.7 Å². The van der Waals surface area contributed by atoms with Crippen molar-refractivity contribution in [3.8, 4) is 0 Å². The van der Waals surface area contributed by atoms with Gasteiger partial charge in [0.2, 0.25) is 5.22 Å². The second kappa shape index (κ2) is 5.56. The summed E-state index contributed by atoms with van der Waals surface area (Å²) >= 11 is 9.08. The quantitative estimate of drug-likeness (QED) is 0.799. The summed E-state index contributed by atoms with van der Waals surface area (Å²) in [7, 11) is 0. The predicted octanol–water partition coefficient (Wildman–Crippen LogP) is 3.18. The Hall–Kier alpha value is -0.480. The molecule has 0 N–H and O–H groups in total. The molecule has 0 aliphatic rings. The summed E-state index contributed by atoms with van der Waals surface area (Å²) in [5.41, 5.74) is 0.423. The van der Waals surface area contributed by atoms with Gasteiger partial charge in [-0.1, -0.05) is 15.9 Å². The van der Waals surface area contributed by atoms with Gasteiger partial charge in [-0.15, -0.1) is 0 Å². The highest BCUT2D eigenvalue weighted by atomic mass is 79.9. The zero-order valence-corrected chi connectivity index (χ0v) is 11.0. The lowest BCUT2D eigenvalue weighted by Crippen LogP contribution is -2.38. The summed E-state index contributed by atoms with van der Waals surface area (Å²) in [5, 5.41) is 0.895. The first-order valence-corrected chi connectivity index (χ1v) is 6.17. The molecule has 0 bridgehead atoms. The molecule has 0 aliphatic heterocycles. The van der Waals surface area contributed by atoms with Gasteiger partial charge in [0.15, 0.2) is 0 Å². The molecule has 15 heavy (non-hydrogen) atoms. The molecule has 0 saturated carbocycles. The number of rotatable bonds is 4. The van der Waals surface area contributed by atoms with Gasteiger partial charge in [-0.2, -0.15) is 0 Å². The van der Waals surface area contributed by atoms with E-state index in [-0.39, 0.29) is 17.2 Å². The van der Waals surface area contributed by atoms with Crippen LogP contribution in [0.25, 0.3) is 0 Å². The summed E-state index contributed by atoms with van der Waals surface area (Å²) in [6.45, 7) is 4.58. The number of furan rings is 1. The van der Waals surface area contributed by atoms with Gasteiger partial charge in [0.1, 0.15) is 0 Å². The monoisotopic (exact) mass is 293 g/mol. The Morgan fingerprint density at radius 3 is 2.73 bits per heavy atom. The fraction of sp³-hybridized carbons (Fsp3) is 0.500. The van der Waals surface area contributed by atoms with E-state index in [4.69, 9.17) is 16.0 Å². The standard InChI is InChI=1S/C10H13BrClNO2/c1-7(2)13(5-4-11)10(14)8-3-6-15-9(8)12/h3,6-7H,4-5H2,1-2H3. The van der Waals surface area contributed by atoms with Gasteiger partial charge >= 0.3 is 0 Å². The van der Waals surface area contributed by atoms with E-state index >= 15 is 0 Å². The number of alkyl halides is 1. The molecule has 5 heteroatoms. The topological polar surface area (TPSA) is 33.5 Å². The van der Waals surface area contributed by atoms with Gasteiger partial charge in [-0.25, -0.2) is 0 Å². The van der Waals surface area contributed by atoms with Crippen molar-refractivity contribution >= 4 is 33.4 Å². The lowest BCUT2D eigenvalue weighted by Gasteiger charge is -2.25. The molecule has 0 aliphatic carbocycles. The minimum atomic E-state index is -0.0943. The Kier molecular flexibility index (Phi) is 4.67. The van der Waals surface area contributed by atoms with Crippen molar-refractivity contribution in [1.29, 1.82) is 0 Å². The molecule has 0 atom stereocenters. The van der Waals surface area contributed by atoms with Crippen molar-refractivity contribution in [2.24, 2.45) is 0 Å². The van der Waals surface area contributed by atoms with Gasteiger partial charge in [0.25, 0.3) is 5.91 Å². The van der Waals surface area contributed by atoms with E-state index in [0.29, 0.717) is 12.1 Å². The Bertz CT molecular complexity index is 338. The van der Waals surface area contributed by atoms with Crippen molar-refractivity contribution in [2.45, 2.75) is 19.9 Å². The zero-order chi connectivity index (χ0) is 11.4. The van der Waals surface area contributed by atoms with Crippen LogP contribution in [0.3, 0.4) is 0 Å². The summed E-state index contributed by atoms with van der Waals surface area (Å²) < 4.78 is 4.90. The van der Waals surface area contributed by atoms with E-state index in [1.54, 1.807) is 11.0 Å². The highest BCUT2D eigenvalue weighted by Crippen LogP contribution is 2.19. The minimum absolute atomic E-state index is 0.0943. The average molecular weight is 295 g/mol. The van der Waals surface area contributed by atoms with Crippen molar-refractivity contribution in [2.75, 3.05) is 11.9 Å². The molecule has 1 amide bonds. The van der Waals surface area contributed by atoms with Crippen molar-refractivity contribution < 1.29 is 9.21 Å². The van der Waals surface area contributed by atoms with Crippen molar-refractivity contribution in [1.82, 2.24) is 4.90 Å². The van der Waals surface area contributed by atoms with Crippen molar-refractivity contribution in [3.05, 3.63) is 23.1 Å². The maximum Gasteiger partial charge on any atom is 0.258 e. The lowest BCUT2D eigenvalue weighted by molar-refractivity contribution is 0.0719. The molecule has 0 radical (unpaired) electrons. The molecule has 3 nitrogen and oxygen atoms in total. The minimum Gasteiger partial charge on any atom is -0.452 e. The van der Waals surface area contributed by atoms with Crippen LogP contribution in [0, 0.1) is 0 Å². The predicted molar refractivity (Wildman–Crippen MR) is 63.7 cm³/mol. The van der Waals surface area contributed by atoms with E-state index in [9.17, 15) is 4.79 Å². The Morgan fingerprint density at radius 2 is 2.33 bits per heavy atom. The largest absolute Gasteiger partial charge is 0.452 e. The molecule has 84 valence electrons. The third kappa shape index (κ3) is 2.98. The van der Waals surface area contributed by atoms with Crippen LogP contribution in [0.4, 0.5) is 0 Å². The number of halogens is 2. The molecule has 0 aromatic carbocycles. The molecule has 0 unspecified atom stereocenters. The zero-order valence-electron chi connectivity index (χ0n) is 8.67. The Morgan fingerprint density at radius 1 is 1.67 bits per heavy atom. The van der Waals surface area contributed by atoms with Crippen LogP contribution >= 0.6 is 27.5 Å². The summed E-state index contributed by atoms with van der Waals surface area (Å²) in [5.74, 6) is -0.0943. The molecule has 1 aromatic rings. The van der Waals surface area contributed by atoms with Crippen LogP contribution in [0.2, 0.25) is 5.22 Å². The number of amides is 1. The molecule has 1 heterocycles. The first-order valence-electron chi connectivity index (χ1n) is 4.67. The van der Waals surface area contributed by atoms with E-state index in [0.717, 1.165) is 5.33 Å². The van der Waals surface area contributed by atoms with E-state index < -0.39 is 0 Å². The summed E-state index contributed by atoms with van der Waals surface area (Å²) in [6, 6.07) is 1.73. The van der Waals surface area contributed by atoms with Gasteiger partial charge in [0.05, 0.1) is 11.8 Å². The van der Waals surface area contributed by atoms with Gasteiger partial charge < -0.3 is 9.32 Å². The van der Waals surface area contributed by atoms with Crippen LogP contribution in [0.1, 0.15) is 24.2 Å². The molecule has 0 saturated heterocycles. The van der Waals surface area contributed by atoms with Gasteiger partial charge in [-0.05, 0) is 31.5 Å². The van der Waals surface area contributed by atoms with Gasteiger partial charge in [-0.3, -0.25) is 4.79 Å². The van der Waals surface area contributed by atoms with Crippen LogP contribution in [-0.4, -0.2) is 28.7 Å². The van der Waals surface area contributed by atoms with Crippen molar-refractivity contribution in [3.63, 3.8) is 0 Å². The Balaban J connectivity index is 2.86. The van der Waals surface area contributed by atoms with Crippen LogP contribution in [-0.2, 0) is 0 Å². The molecule has 1 rings (SSSR count). The fourth-order valence-electron chi connectivity index (χ4n) is 1.29. The second-order valence-electron chi connectivity index (χ2n) is 3.39. The Labute approximate surface area is 103 Å². The van der Waals surface area contributed by atoms with E-state index in [1.807, 2.05) is 13.8 Å². The second-order valence-corrected chi connectivity index (χ2v) is 4.53. The third-order valence-electron chi connectivity index (χ3n) is 2.06. The first-order chi connectivity index (χ1) is 7.07. The van der Waals surface area contributed by atoms with E-state index in [2.05, 4.69) is 15.9 Å². The maximum atomic E-state index is 12.0. The SMILES string of the molecule is CC(C)N(CCBr)C(=O)c1ccoc1Cl. The molecule has 0 fully saturated rings. The van der Waals surface area contributed by atoms with Crippen LogP contribution in [0.5, 0.6) is 0 Å². The van der Waals surface area contributed by atoms with E-state index in [1.165, 1.54) is 6.26 Å². The summed E-state index contributed by atoms with van der Waals surface area (Å²) in [6.07, 6.45) is 1.42. The highest BCUT2D eigenvalue weighted by molar-refractivity contribution is 9.09. The first kappa shape index (κ1) is 12.6. The smallest absolute Gasteiger partial charge is 0.258 e. The van der Waals surface area contributed by atoms with Crippen LogP contribution < -0.4 is 0 Å². The number of carbonyl (C=O) groups is 1. The molecular weight excluding hydrogens is 281 g/mol. The molecular formula is C10H13BrClNO2.